The van der Waals surface area contributed by atoms with Crippen molar-refractivity contribution in [1.82, 2.24) is 15.1 Å². The number of aryl methyl sites for hydroxylation is 1. The molecule has 0 aliphatic heterocycles. The monoisotopic (exact) mass is 247 g/mol. The first-order valence-electron chi connectivity index (χ1n) is 5.65. The average Bonchev–Trinajstić information content (AvgIpc) is 2.74. The van der Waals surface area contributed by atoms with Crippen LogP contribution in [-0.2, 0) is 17.9 Å². The fourth-order valence-corrected chi connectivity index (χ4v) is 1.56. The average molecular weight is 247 g/mol. The molecular weight excluding hydrogens is 233 g/mol. The Labute approximate surface area is 104 Å². The second kappa shape index (κ2) is 5.44. The molecule has 0 radical (unpaired) electrons. The van der Waals surface area contributed by atoms with Gasteiger partial charge >= 0.3 is 0 Å². The van der Waals surface area contributed by atoms with Crippen molar-refractivity contribution < 1.29 is 9.18 Å². The van der Waals surface area contributed by atoms with Crippen LogP contribution >= 0.6 is 0 Å². The highest BCUT2D eigenvalue weighted by atomic mass is 19.1. The Morgan fingerprint density at radius 3 is 2.67 bits per heavy atom. The predicted octanol–water partition coefficient (Wildman–Crippen LogP) is 1.65. The van der Waals surface area contributed by atoms with Crippen molar-refractivity contribution >= 4 is 5.91 Å². The molecule has 0 spiro atoms. The molecule has 2 rings (SSSR count). The van der Waals surface area contributed by atoms with Gasteiger partial charge in [-0.1, -0.05) is 12.1 Å². The molecule has 0 aliphatic rings. The summed E-state index contributed by atoms with van der Waals surface area (Å²) in [5, 5.41) is 6.88. The van der Waals surface area contributed by atoms with E-state index in [9.17, 15) is 9.18 Å². The van der Waals surface area contributed by atoms with Crippen LogP contribution in [0.5, 0.6) is 0 Å². The van der Waals surface area contributed by atoms with E-state index in [4.69, 9.17) is 0 Å². The molecule has 0 bridgehead atoms. The Hall–Kier alpha value is -2.17. The standard InChI is InChI=1S/C13H14FN3O/c1-10-6-7-17(16-10)9-13(18)15-8-11-2-4-12(14)5-3-11/h2-7H,8-9H2,1H3,(H,15,18). The van der Waals surface area contributed by atoms with E-state index in [-0.39, 0.29) is 18.3 Å². The highest BCUT2D eigenvalue weighted by molar-refractivity contribution is 5.75. The van der Waals surface area contributed by atoms with E-state index in [1.54, 1.807) is 23.0 Å². The molecule has 5 heteroatoms. The number of benzene rings is 1. The number of hydrogen-bond donors (Lipinski definition) is 1. The Morgan fingerprint density at radius 1 is 1.33 bits per heavy atom. The fraction of sp³-hybridized carbons (Fsp3) is 0.231. The van der Waals surface area contributed by atoms with E-state index >= 15 is 0 Å². The van der Waals surface area contributed by atoms with Crippen LogP contribution in [-0.4, -0.2) is 15.7 Å². The van der Waals surface area contributed by atoms with Crippen molar-refractivity contribution in [1.29, 1.82) is 0 Å². The highest BCUT2D eigenvalue weighted by Crippen LogP contribution is 2.02. The number of halogens is 1. The van der Waals surface area contributed by atoms with Crippen molar-refractivity contribution in [3.05, 3.63) is 53.6 Å². The molecular formula is C13H14FN3O. The van der Waals surface area contributed by atoms with Gasteiger partial charge in [0.05, 0.1) is 5.69 Å². The summed E-state index contributed by atoms with van der Waals surface area (Å²) in [6, 6.07) is 7.88. The Bertz CT molecular complexity index is 533. The second-order valence-electron chi connectivity index (χ2n) is 4.06. The van der Waals surface area contributed by atoms with Crippen LogP contribution in [0.1, 0.15) is 11.3 Å². The molecule has 0 atom stereocenters. The van der Waals surface area contributed by atoms with Gasteiger partial charge in [-0.2, -0.15) is 5.10 Å². The van der Waals surface area contributed by atoms with E-state index in [0.29, 0.717) is 6.54 Å². The van der Waals surface area contributed by atoms with Gasteiger partial charge < -0.3 is 5.32 Å². The second-order valence-corrected chi connectivity index (χ2v) is 4.06. The molecule has 0 saturated carbocycles. The van der Waals surface area contributed by atoms with Gasteiger partial charge in [0.1, 0.15) is 12.4 Å². The molecule has 4 nitrogen and oxygen atoms in total. The summed E-state index contributed by atoms with van der Waals surface area (Å²) >= 11 is 0. The summed E-state index contributed by atoms with van der Waals surface area (Å²) in [5.74, 6) is -0.403. The number of carbonyl (C=O) groups is 1. The molecule has 18 heavy (non-hydrogen) atoms. The molecule has 1 aromatic heterocycles. The van der Waals surface area contributed by atoms with Gasteiger partial charge in [0.15, 0.2) is 0 Å². The van der Waals surface area contributed by atoms with Gasteiger partial charge in [-0.25, -0.2) is 4.39 Å². The minimum atomic E-state index is -0.280. The number of aromatic nitrogens is 2. The fourth-order valence-electron chi connectivity index (χ4n) is 1.56. The molecule has 0 unspecified atom stereocenters. The summed E-state index contributed by atoms with van der Waals surface area (Å²) in [4.78, 5) is 11.6. The zero-order valence-electron chi connectivity index (χ0n) is 10.1. The zero-order valence-corrected chi connectivity index (χ0v) is 10.1. The van der Waals surface area contributed by atoms with E-state index in [1.165, 1.54) is 12.1 Å². The van der Waals surface area contributed by atoms with Crippen LogP contribution in [0.4, 0.5) is 4.39 Å². The summed E-state index contributed by atoms with van der Waals surface area (Å²) in [6.07, 6.45) is 1.76. The first-order chi connectivity index (χ1) is 8.63. The van der Waals surface area contributed by atoms with Crippen LogP contribution in [0.3, 0.4) is 0 Å². The third kappa shape index (κ3) is 3.41. The lowest BCUT2D eigenvalue weighted by molar-refractivity contribution is -0.122. The van der Waals surface area contributed by atoms with E-state index in [2.05, 4.69) is 10.4 Å². The SMILES string of the molecule is Cc1ccn(CC(=O)NCc2ccc(F)cc2)n1. The quantitative estimate of drug-likeness (QED) is 0.893. The van der Waals surface area contributed by atoms with Crippen LogP contribution in [0.25, 0.3) is 0 Å². The van der Waals surface area contributed by atoms with Crippen molar-refractivity contribution in [2.24, 2.45) is 0 Å². The van der Waals surface area contributed by atoms with Crippen molar-refractivity contribution in [2.75, 3.05) is 0 Å². The van der Waals surface area contributed by atoms with Crippen LogP contribution in [0.2, 0.25) is 0 Å². The number of carbonyl (C=O) groups excluding carboxylic acids is 1. The number of nitrogens with one attached hydrogen (secondary N) is 1. The maximum atomic E-state index is 12.7. The van der Waals surface area contributed by atoms with Crippen molar-refractivity contribution in [2.45, 2.75) is 20.0 Å². The van der Waals surface area contributed by atoms with Gasteiger partial charge in [0, 0.05) is 12.7 Å². The maximum Gasteiger partial charge on any atom is 0.241 e. The molecule has 0 saturated heterocycles. The summed E-state index contributed by atoms with van der Waals surface area (Å²) in [5.41, 5.74) is 1.74. The number of rotatable bonds is 4. The van der Waals surface area contributed by atoms with E-state index in [0.717, 1.165) is 11.3 Å². The Balaban J connectivity index is 1.83. The predicted molar refractivity (Wildman–Crippen MR) is 65.2 cm³/mol. The van der Waals surface area contributed by atoms with E-state index in [1.807, 2.05) is 13.0 Å². The summed E-state index contributed by atoms with van der Waals surface area (Å²) < 4.78 is 14.3. The van der Waals surface area contributed by atoms with Gasteiger partial charge in [0.25, 0.3) is 0 Å². The van der Waals surface area contributed by atoms with Crippen LogP contribution in [0, 0.1) is 12.7 Å². The van der Waals surface area contributed by atoms with Crippen molar-refractivity contribution in [3.63, 3.8) is 0 Å². The number of amides is 1. The molecule has 1 N–H and O–H groups in total. The zero-order chi connectivity index (χ0) is 13.0. The third-order valence-electron chi connectivity index (χ3n) is 2.48. The molecule has 0 fully saturated rings. The Kier molecular flexibility index (Phi) is 3.72. The maximum absolute atomic E-state index is 12.7. The lowest BCUT2D eigenvalue weighted by Crippen LogP contribution is -2.27. The smallest absolute Gasteiger partial charge is 0.241 e. The molecule has 1 amide bonds. The van der Waals surface area contributed by atoms with Gasteiger partial charge in [0.2, 0.25) is 5.91 Å². The topological polar surface area (TPSA) is 46.9 Å². The van der Waals surface area contributed by atoms with Crippen molar-refractivity contribution in [3.8, 4) is 0 Å². The van der Waals surface area contributed by atoms with Gasteiger partial charge in [-0.05, 0) is 30.7 Å². The Morgan fingerprint density at radius 2 is 2.06 bits per heavy atom. The normalized spacial score (nSPS) is 10.3. The third-order valence-corrected chi connectivity index (χ3v) is 2.48. The van der Waals surface area contributed by atoms with E-state index < -0.39 is 0 Å². The lowest BCUT2D eigenvalue weighted by atomic mass is 10.2. The summed E-state index contributed by atoms with van der Waals surface area (Å²) in [7, 11) is 0. The lowest BCUT2D eigenvalue weighted by Gasteiger charge is -2.05. The number of nitrogens with zero attached hydrogens (tertiary/aromatic N) is 2. The minimum absolute atomic E-state index is 0.123. The summed E-state index contributed by atoms with van der Waals surface area (Å²) in [6.45, 7) is 2.45. The minimum Gasteiger partial charge on any atom is -0.350 e. The largest absolute Gasteiger partial charge is 0.350 e. The van der Waals surface area contributed by atoms with Crippen LogP contribution in [0.15, 0.2) is 36.5 Å². The van der Waals surface area contributed by atoms with Crippen LogP contribution < -0.4 is 5.32 Å². The number of hydrogen-bond acceptors (Lipinski definition) is 2. The molecule has 94 valence electrons. The van der Waals surface area contributed by atoms with Gasteiger partial charge in [-0.15, -0.1) is 0 Å². The molecule has 1 heterocycles. The van der Waals surface area contributed by atoms with Gasteiger partial charge in [-0.3, -0.25) is 9.48 Å². The molecule has 0 aliphatic carbocycles. The first kappa shape index (κ1) is 12.3. The first-order valence-corrected chi connectivity index (χ1v) is 5.65. The molecule has 2 aromatic rings. The molecule has 1 aromatic carbocycles. The highest BCUT2D eigenvalue weighted by Gasteiger charge is 2.03.